The monoisotopic (exact) mass is 336 g/mol. The second kappa shape index (κ2) is 9.36. The molecule has 0 unspecified atom stereocenters. The summed E-state index contributed by atoms with van der Waals surface area (Å²) in [6.07, 6.45) is 1.04. The summed E-state index contributed by atoms with van der Waals surface area (Å²) >= 11 is 0. The first-order chi connectivity index (χ1) is 9.15. The molecule has 1 aliphatic heterocycles. The standard InChI is InChI=1S/C15H24N2O2.2ClH/c1-4-19-14-6-5-11(9-15(14)18-3)12-10-17(2)8-7-13(12)16;;/h5-6,9,12-13H,4,7-8,10,16H2,1-3H3;2*1H/t12-,13-;;/m0../s1. The van der Waals surface area contributed by atoms with Crippen molar-refractivity contribution >= 4 is 24.8 Å². The maximum absolute atomic E-state index is 6.26. The summed E-state index contributed by atoms with van der Waals surface area (Å²) in [5, 5.41) is 0. The van der Waals surface area contributed by atoms with Gasteiger partial charge in [0, 0.05) is 18.5 Å². The molecule has 4 nitrogen and oxygen atoms in total. The first-order valence-corrected chi connectivity index (χ1v) is 6.90. The predicted octanol–water partition coefficient (Wildman–Crippen LogP) is 2.68. The minimum atomic E-state index is 0. The zero-order chi connectivity index (χ0) is 13.8. The van der Waals surface area contributed by atoms with Gasteiger partial charge in [-0.05, 0) is 44.6 Å². The molecule has 122 valence electrons. The zero-order valence-corrected chi connectivity index (χ0v) is 14.5. The van der Waals surface area contributed by atoms with Gasteiger partial charge in [0.25, 0.3) is 0 Å². The fraction of sp³-hybridized carbons (Fsp3) is 0.600. The summed E-state index contributed by atoms with van der Waals surface area (Å²) in [6, 6.07) is 6.38. The quantitative estimate of drug-likeness (QED) is 0.918. The van der Waals surface area contributed by atoms with E-state index in [2.05, 4.69) is 24.1 Å². The number of methoxy groups -OCH3 is 1. The number of rotatable bonds is 4. The first kappa shape index (κ1) is 20.3. The number of nitrogens with zero attached hydrogens (tertiary/aromatic N) is 1. The van der Waals surface area contributed by atoms with Gasteiger partial charge in [0.1, 0.15) is 0 Å². The van der Waals surface area contributed by atoms with Crippen molar-refractivity contribution in [1.29, 1.82) is 0 Å². The Morgan fingerprint density at radius 3 is 2.62 bits per heavy atom. The van der Waals surface area contributed by atoms with Crippen LogP contribution < -0.4 is 15.2 Å². The van der Waals surface area contributed by atoms with E-state index in [0.717, 1.165) is 31.0 Å². The van der Waals surface area contributed by atoms with Crippen molar-refractivity contribution in [2.24, 2.45) is 5.73 Å². The molecule has 1 aromatic carbocycles. The highest BCUT2D eigenvalue weighted by Crippen LogP contribution is 2.33. The minimum Gasteiger partial charge on any atom is -0.493 e. The van der Waals surface area contributed by atoms with Gasteiger partial charge in [-0.3, -0.25) is 0 Å². The highest BCUT2D eigenvalue weighted by molar-refractivity contribution is 5.85. The number of likely N-dealkylation sites (tertiary alicyclic amines) is 1. The Bertz CT molecular complexity index is 432. The van der Waals surface area contributed by atoms with E-state index in [9.17, 15) is 0 Å². The Morgan fingerprint density at radius 2 is 2.00 bits per heavy atom. The van der Waals surface area contributed by atoms with Crippen molar-refractivity contribution in [3.8, 4) is 11.5 Å². The zero-order valence-electron chi connectivity index (χ0n) is 12.9. The lowest BCUT2D eigenvalue weighted by molar-refractivity contribution is 0.227. The molecule has 1 aliphatic rings. The first-order valence-electron chi connectivity index (χ1n) is 6.90. The molecule has 0 amide bonds. The van der Waals surface area contributed by atoms with Gasteiger partial charge < -0.3 is 20.1 Å². The average molecular weight is 337 g/mol. The Hall–Kier alpha value is -0.680. The van der Waals surface area contributed by atoms with Gasteiger partial charge in [0.2, 0.25) is 0 Å². The lowest BCUT2D eigenvalue weighted by Gasteiger charge is -2.35. The number of halogens is 2. The van der Waals surface area contributed by atoms with E-state index in [0.29, 0.717) is 12.5 Å². The van der Waals surface area contributed by atoms with E-state index in [1.54, 1.807) is 7.11 Å². The molecule has 1 fully saturated rings. The van der Waals surface area contributed by atoms with Crippen LogP contribution in [0.4, 0.5) is 0 Å². The molecule has 0 bridgehead atoms. The number of ether oxygens (including phenoxy) is 2. The summed E-state index contributed by atoms with van der Waals surface area (Å²) in [6.45, 7) is 4.69. The van der Waals surface area contributed by atoms with Crippen LogP contribution in [-0.4, -0.2) is 44.8 Å². The topological polar surface area (TPSA) is 47.7 Å². The van der Waals surface area contributed by atoms with Gasteiger partial charge in [0.05, 0.1) is 13.7 Å². The van der Waals surface area contributed by atoms with Crippen molar-refractivity contribution in [3.05, 3.63) is 23.8 Å². The normalized spacial score (nSPS) is 21.9. The van der Waals surface area contributed by atoms with Crippen molar-refractivity contribution in [1.82, 2.24) is 4.90 Å². The van der Waals surface area contributed by atoms with Gasteiger partial charge in [-0.1, -0.05) is 6.07 Å². The molecule has 0 radical (unpaired) electrons. The van der Waals surface area contributed by atoms with E-state index in [4.69, 9.17) is 15.2 Å². The van der Waals surface area contributed by atoms with Crippen LogP contribution in [0, 0.1) is 0 Å². The van der Waals surface area contributed by atoms with E-state index in [1.807, 2.05) is 13.0 Å². The molecule has 6 heteroatoms. The van der Waals surface area contributed by atoms with E-state index >= 15 is 0 Å². The van der Waals surface area contributed by atoms with Gasteiger partial charge in [-0.2, -0.15) is 0 Å². The maximum atomic E-state index is 6.26. The molecule has 0 saturated carbocycles. The molecular weight excluding hydrogens is 311 g/mol. The highest BCUT2D eigenvalue weighted by atomic mass is 35.5. The molecule has 1 aromatic rings. The number of nitrogens with two attached hydrogens (primary N) is 1. The summed E-state index contributed by atoms with van der Waals surface area (Å²) < 4.78 is 11.0. The van der Waals surface area contributed by atoms with Crippen molar-refractivity contribution in [3.63, 3.8) is 0 Å². The minimum absolute atomic E-state index is 0. The van der Waals surface area contributed by atoms with Crippen molar-refractivity contribution in [2.45, 2.75) is 25.3 Å². The molecule has 21 heavy (non-hydrogen) atoms. The van der Waals surface area contributed by atoms with Crippen LogP contribution in [0.15, 0.2) is 18.2 Å². The van der Waals surface area contributed by atoms with Crippen LogP contribution in [0.3, 0.4) is 0 Å². The largest absolute Gasteiger partial charge is 0.493 e. The molecule has 2 atom stereocenters. The Labute approximate surface area is 139 Å². The average Bonchev–Trinajstić information content (AvgIpc) is 2.42. The van der Waals surface area contributed by atoms with E-state index in [1.165, 1.54) is 5.56 Å². The third-order valence-electron chi connectivity index (χ3n) is 3.79. The maximum Gasteiger partial charge on any atom is 0.161 e. The molecular formula is C15H26Cl2N2O2. The molecule has 2 rings (SSSR count). The SMILES string of the molecule is CCOc1ccc([C@@H]2CN(C)CC[C@@H]2N)cc1OC.Cl.Cl. The summed E-state index contributed by atoms with van der Waals surface area (Å²) in [5.41, 5.74) is 7.50. The van der Waals surface area contributed by atoms with Gasteiger partial charge >= 0.3 is 0 Å². The van der Waals surface area contributed by atoms with E-state index < -0.39 is 0 Å². The van der Waals surface area contributed by atoms with Crippen LogP contribution in [0.25, 0.3) is 0 Å². The number of piperidine rings is 1. The van der Waals surface area contributed by atoms with Crippen LogP contribution in [0.1, 0.15) is 24.8 Å². The third kappa shape index (κ3) is 4.92. The molecule has 0 spiro atoms. The predicted molar refractivity (Wildman–Crippen MR) is 91.5 cm³/mol. The Balaban J connectivity index is 0.00000200. The highest BCUT2D eigenvalue weighted by Gasteiger charge is 2.26. The number of likely N-dealkylation sites (N-methyl/N-ethyl adjacent to an activating group) is 1. The molecule has 0 aromatic heterocycles. The lowest BCUT2D eigenvalue weighted by Crippen LogP contribution is -2.43. The molecule has 1 heterocycles. The van der Waals surface area contributed by atoms with Gasteiger partial charge in [-0.25, -0.2) is 0 Å². The van der Waals surface area contributed by atoms with Gasteiger partial charge in [0.15, 0.2) is 11.5 Å². The smallest absolute Gasteiger partial charge is 0.161 e. The number of hydrogen-bond acceptors (Lipinski definition) is 4. The van der Waals surface area contributed by atoms with Crippen LogP contribution in [0.5, 0.6) is 11.5 Å². The van der Waals surface area contributed by atoms with Crippen LogP contribution in [0.2, 0.25) is 0 Å². The van der Waals surface area contributed by atoms with Crippen molar-refractivity contribution in [2.75, 3.05) is 33.9 Å². The van der Waals surface area contributed by atoms with Gasteiger partial charge in [-0.15, -0.1) is 24.8 Å². The molecule has 0 aliphatic carbocycles. The number of benzene rings is 1. The second-order valence-corrected chi connectivity index (χ2v) is 5.16. The second-order valence-electron chi connectivity index (χ2n) is 5.16. The fourth-order valence-corrected chi connectivity index (χ4v) is 2.68. The van der Waals surface area contributed by atoms with Crippen molar-refractivity contribution < 1.29 is 9.47 Å². The molecule has 1 saturated heterocycles. The summed E-state index contributed by atoms with van der Waals surface area (Å²) in [4.78, 5) is 2.33. The molecule has 2 N–H and O–H groups in total. The lowest BCUT2D eigenvalue weighted by atomic mass is 9.86. The number of hydrogen-bond donors (Lipinski definition) is 1. The van der Waals surface area contributed by atoms with Crippen LogP contribution in [-0.2, 0) is 0 Å². The Kier molecular flexibility index (Phi) is 9.06. The van der Waals surface area contributed by atoms with Crippen LogP contribution >= 0.6 is 24.8 Å². The Morgan fingerprint density at radius 1 is 1.29 bits per heavy atom. The fourth-order valence-electron chi connectivity index (χ4n) is 2.68. The van der Waals surface area contributed by atoms with E-state index in [-0.39, 0.29) is 30.9 Å². The third-order valence-corrected chi connectivity index (χ3v) is 3.79. The summed E-state index contributed by atoms with van der Waals surface area (Å²) in [5.74, 6) is 1.95. The summed E-state index contributed by atoms with van der Waals surface area (Å²) in [7, 11) is 3.82.